The van der Waals surface area contributed by atoms with Crippen LogP contribution >= 0.6 is 0 Å². The summed E-state index contributed by atoms with van der Waals surface area (Å²) in [5.41, 5.74) is 5.84. The van der Waals surface area contributed by atoms with Crippen molar-refractivity contribution in [3.05, 3.63) is 28.3 Å². The topological polar surface area (TPSA) is 20.2 Å². The van der Waals surface area contributed by atoms with E-state index in [4.69, 9.17) is 0 Å². The van der Waals surface area contributed by atoms with Crippen LogP contribution in [0.25, 0.3) is 0 Å². The zero-order valence-corrected chi connectivity index (χ0v) is 13.2. The summed E-state index contributed by atoms with van der Waals surface area (Å²) in [6, 6.07) is 2.45. The quantitative estimate of drug-likeness (QED) is 0.751. The molecule has 3 aliphatic rings. The minimum absolute atomic E-state index is 0.636. The molecule has 1 nitrogen and oxygen atoms in total. The summed E-state index contributed by atoms with van der Waals surface area (Å²) in [4.78, 5) is 0. The van der Waals surface area contributed by atoms with Gasteiger partial charge in [0.15, 0.2) is 0 Å². The van der Waals surface area contributed by atoms with E-state index in [0.717, 1.165) is 12.3 Å². The maximum atomic E-state index is 10.9. The molecule has 2 fully saturated rings. The van der Waals surface area contributed by atoms with Crippen LogP contribution in [-0.2, 0) is 12.8 Å². The van der Waals surface area contributed by atoms with Crippen LogP contribution in [0.5, 0.6) is 5.75 Å². The molecule has 21 heavy (non-hydrogen) atoms. The van der Waals surface area contributed by atoms with Gasteiger partial charge in [0.05, 0.1) is 0 Å². The highest BCUT2D eigenvalue weighted by Crippen LogP contribution is 2.47. The fourth-order valence-corrected chi connectivity index (χ4v) is 5.13. The second-order valence-electron chi connectivity index (χ2n) is 7.53. The van der Waals surface area contributed by atoms with Gasteiger partial charge in [0.1, 0.15) is 5.75 Å². The van der Waals surface area contributed by atoms with Gasteiger partial charge in [-0.05, 0) is 85.5 Å². The van der Waals surface area contributed by atoms with Gasteiger partial charge < -0.3 is 5.11 Å². The molecular weight excluding hydrogens is 256 g/mol. The highest BCUT2D eigenvalue weighted by atomic mass is 16.3. The molecule has 1 aromatic carbocycles. The Morgan fingerprint density at radius 1 is 0.667 bits per heavy atom. The number of phenolic OH excluding ortho intramolecular Hbond substituents is 1. The molecule has 0 heterocycles. The molecule has 1 heteroatoms. The van der Waals surface area contributed by atoms with Gasteiger partial charge in [-0.1, -0.05) is 31.7 Å². The molecule has 1 N–H and O–H groups in total. The molecule has 2 saturated carbocycles. The molecule has 0 bridgehead atoms. The number of rotatable bonds is 2. The third-order valence-corrected chi connectivity index (χ3v) is 6.28. The Morgan fingerprint density at radius 2 is 1.19 bits per heavy atom. The van der Waals surface area contributed by atoms with E-state index in [2.05, 4.69) is 6.07 Å². The lowest BCUT2D eigenvalue weighted by Crippen LogP contribution is -2.11. The molecule has 0 saturated heterocycles. The van der Waals surface area contributed by atoms with E-state index in [0.29, 0.717) is 11.7 Å². The standard InChI is InChI=1S/C20H28O/c21-20-17-12-6-5-11-16(17)18(14-7-1-2-8-14)13-19(20)15-9-3-4-10-15/h13-15,21H,1-12H2. The molecule has 0 spiro atoms. The highest BCUT2D eigenvalue weighted by molar-refractivity contribution is 5.53. The van der Waals surface area contributed by atoms with E-state index in [9.17, 15) is 5.11 Å². The lowest BCUT2D eigenvalue weighted by molar-refractivity contribution is 0.446. The Bertz CT molecular complexity index is 519. The van der Waals surface area contributed by atoms with Crippen LogP contribution in [0.15, 0.2) is 6.07 Å². The number of hydrogen-bond acceptors (Lipinski definition) is 1. The predicted octanol–water partition coefficient (Wildman–Crippen LogP) is 5.59. The first kappa shape index (κ1) is 13.7. The van der Waals surface area contributed by atoms with Gasteiger partial charge in [-0.15, -0.1) is 0 Å². The first-order chi connectivity index (χ1) is 10.3. The maximum Gasteiger partial charge on any atom is 0.122 e. The summed E-state index contributed by atoms with van der Waals surface area (Å²) in [5, 5.41) is 10.9. The molecule has 0 radical (unpaired) electrons. The molecule has 0 amide bonds. The van der Waals surface area contributed by atoms with Crippen molar-refractivity contribution in [2.24, 2.45) is 0 Å². The van der Waals surface area contributed by atoms with Crippen LogP contribution in [-0.4, -0.2) is 5.11 Å². The van der Waals surface area contributed by atoms with Gasteiger partial charge in [-0.3, -0.25) is 0 Å². The van der Waals surface area contributed by atoms with Gasteiger partial charge in [-0.2, -0.15) is 0 Å². The fourth-order valence-electron chi connectivity index (χ4n) is 5.13. The smallest absolute Gasteiger partial charge is 0.122 e. The van der Waals surface area contributed by atoms with Crippen LogP contribution in [0.2, 0.25) is 0 Å². The van der Waals surface area contributed by atoms with E-state index in [-0.39, 0.29) is 0 Å². The van der Waals surface area contributed by atoms with E-state index >= 15 is 0 Å². The van der Waals surface area contributed by atoms with Crippen molar-refractivity contribution in [1.29, 1.82) is 0 Å². The van der Waals surface area contributed by atoms with Crippen LogP contribution < -0.4 is 0 Å². The van der Waals surface area contributed by atoms with Crippen molar-refractivity contribution in [1.82, 2.24) is 0 Å². The Hall–Kier alpha value is -0.980. The first-order valence-electron chi connectivity index (χ1n) is 9.22. The molecule has 4 rings (SSSR count). The number of benzene rings is 1. The minimum atomic E-state index is 0.636. The molecule has 0 aromatic heterocycles. The summed E-state index contributed by atoms with van der Waals surface area (Å²) >= 11 is 0. The zero-order valence-electron chi connectivity index (χ0n) is 13.2. The van der Waals surface area contributed by atoms with E-state index in [1.165, 1.54) is 81.8 Å². The van der Waals surface area contributed by atoms with Crippen LogP contribution in [0, 0.1) is 0 Å². The molecule has 0 unspecified atom stereocenters. The van der Waals surface area contributed by atoms with Gasteiger partial charge in [0, 0.05) is 0 Å². The van der Waals surface area contributed by atoms with E-state index in [1.807, 2.05) is 0 Å². The summed E-state index contributed by atoms with van der Waals surface area (Å²) in [7, 11) is 0. The highest BCUT2D eigenvalue weighted by Gasteiger charge is 2.29. The van der Waals surface area contributed by atoms with E-state index in [1.54, 1.807) is 11.1 Å². The number of fused-ring (bicyclic) bond motifs is 1. The number of aromatic hydroxyl groups is 1. The Morgan fingerprint density at radius 3 is 1.81 bits per heavy atom. The third kappa shape index (κ3) is 2.39. The van der Waals surface area contributed by atoms with Crippen molar-refractivity contribution in [2.75, 3.05) is 0 Å². The number of hydrogen-bond donors (Lipinski definition) is 1. The summed E-state index contributed by atoms with van der Waals surface area (Å²) in [6.07, 6.45) is 15.7. The van der Waals surface area contributed by atoms with Crippen LogP contribution in [0.1, 0.15) is 98.3 Å². The van der Waals surface area contributed by atoms with Crippen LogP contribution in [0.3, 0.4) is 0 Å². The summed E-state index contributed by atoms with van der Waals surface area (Å²) < 4.78 is 0. The summed E-state index contributed by atoms with van der Waals surface area (Å²) in [6.45, 7) is 0. The van der Waals surface area contributed by atoms with Crippen molar-refractivity contribution in [3.8, 4) is 5.75 Å². The lowest BCUT2D eigenvalue weighted by Gasteiger charge is -2.27. The SMILES string of the molecule is Oc1c(C2CCCC2)cc(C2CCCC2)c2c1CCCC2. The van der Waals surface area contributed by atoms with Gasteiger partial charge in [-0.25, -0.2) is 0 Å². The Balaban J connectivity index is 1.81. The van der Waals surface area contributed by atoms with Gasteiger partial charge >= 0.3 is 0 Å². The number of phenols is 1. The molecule has 114 valence electrons. The zero-order chi connectivity index (χ0) is 14.2. The normalized spacial score (nSPS) is 23.6. The monoisotopic (exact) mass is 284 g/mol. The van der Waals surface area contributed by atoms with Crippen LogP contribution in [0.4, 0.5) is 0 Å². The van der Waals surface area contributed by atoms with Crippen molar-refractivity contribution in [3.63, 3.8) is 0 Å². The molecular formula is C20H28O. The predicted molar refractivity (Wildman–Crippen MR) is 87.2 cm³/mol. The fraction of sp³-hybridized carbons (Fsp3) is 0.700. The molecule has 1 aromatic rings. The third-order valence-electron chi connectivity index (χ3n) is 6.28. The minimum Gasteiger partial charge on any atom is -0.507 e. The average Bonchev–Trinajstić information content (AvgIpc) is 3.21. The average molecular weight is 284 g/mol. The van der Waals surface area contributed by atoms with Crippen molar-refractivity contribution in [2.45, 2.75) is 88.9 Å². The van der Waals surface area contributed by atoms with Gasteiger partial charge in [0.2, 0.25) is 0 Å². The second kappa shape index (κ2) is 5.66. The lowest BCUT2D eigenvalue weighted by atomic mass is 9.79. The Kier molecular flexibility index (Phi) is 3.69. The Labute approximate surface area is 128 Å². The van der Waals surface area contributed by atoms with Gasteiger partial charge in [0.25, 0.3) is 0 Å². The largest absolute Gasteiger partial charge is 0.507 e. The van der Waals surface area contributed by atoms with E-state index < -0.39 is 0 Å². The molecule has 0 atom stereocenters. The maximum absolute atomic E-state index is 10.9. The summed E-state index contributed by atoms with van der Waals surface area (Å²) in [5.74, 6) is 2.12. The molecule has 3 aliphatic carbocycles. The van der Waals surface area contributed by atoms with Crippen molar-refractivity contribution >= 4 is 0 Å². The second-order valence-corrected chi connectivity index (χ2v) is 7.53. The molecule has 0 aliphatic heterocycles. The first-order valence-corrected chi connectivity index (χ1v) is 9.22. The van der Waals surface area contributed by atoms with Crippen molar-refractivity contribution < 1.29 is 5.11 Å².